The predicted octanol–water partition coefficient (Wildman–Crippen LogP) is 4.08. The van der Waals surface area contributed by atoms with E-state index in [1.807, 2.05) is 40.8 Å². The Balaban J connectivity index is 2.43. The third kappa shape index (κ3) is 5.80. The molecule has 1 aromatic rings. The van der Waals surface area contributed by atoms with E-state index in [2.05, 4.69) is 10.0 Å². The molecule has 1 heterocycles. The van der Waals surface area contributed by atoms with Crippen LogP contribution in [0.4, 0.5) is 0 Å². The SMILES string of the molecule is Cc1ccc(S(=O)(=O)NC(C)(C)C)cc1C(=O)[C@H](C)[C@H]1NC(=O)[C@@H]1[C@@](C)(O[Si](C)C)C(C)(C)C. The van der Waals surface area contributed by atoms with Gasteiger partial charge < -0.3 is 9.74 Å². The number of amides is 1. The Morgan fingerprint density at radius 3 is 2.12 bits per heavy atom. The molecule has 0 spiro atoms. The number of nitrogens with one attached hydrogen (secondary N) is 2. The second-order valence-electron chi connectivity index (χ2n) is 11.9. The summed E-state index contributed by atoms with van der Waals surface area (Å²) >= 11 is 0. The molecule has 2 N–H and O–H groups in total. The number of β-lactam (4-membered cyclic amide) rings is 1. The van der Waals surface area contributed by atoms with E-state index in [9.17, 15) is 18.0 Å². The highest BCUT2D eigenvalue weighted by Crippen LogP contribution is 2.46. The van der Waals surface area contributed by atoms with Crippen molar-refractivity contribution in [1.29, 1.82) is 0 Å². The highest BCUT2D eigenvalue weighted by Gasteiger charge is 2.59. The number of rotatable bonds is 8. The van der Waals surface area contributed by atoms with E-state index in [0.29, 0.717) is 11.1 Å². The smallest absolute Gasteiger partial charge is 0.241 e. The first-order valence-corrected chi connectivity index (χ1v) is 15.6. The van der Waals surface area contributed by atoms with Gasteiger partial charge in [0.1, 0.15) is 0 Å². The molecule has 1 aliphatic rings. The second-order valence-corrected chi connectivity index (χ2v) is 15.6. The van der Waals surface area contributed by atoms with Crippen LogP contribution in [0.25, 0.3) is 0 Å². The van der Waals surface area contributed by atoms with E-state index >= 15 is 0 Å². The summed E-state index contributed by atoms with van der Waals surface area (Å²) < 4.78 is 34.8. The molecule has 1 aliphatic heterocycles. The van der Waals surface area contributed by atoms with Gasteiger partial charge in [-0.05, 0) is 70.8 Å². The number of ketones is 1. The zero-order valence-electron chi connectivity index (χ0n) is 22.4. The number of aryl methyl sites for hydroxylation is 1. The molecule has 0 unspecified atom stereocenters. The molecule has 0 aliphatic carbocycles. The zero-order chi connectivity index (χ0) is 26.4. The fraction of sp³-hybridized carbons (Fsp3) is 0.680. The average Bonchev–Trinajstić information content (AvgIpc) is 2.61. The van der Waals surface area contributed by atoms with Crippen LogP contribution in [0.1, 0.15) is 71.3 Å². The maximum Gasteiger partial charge on any atom is 0.241 e. The summed E-state index contributed by atoms with van der Waals surface area (Å²) in [4.78, 5) is 26.4. The first kappa shape index (κ1) is 28.7. The lowest BCUT2D eigenvalue weighted by Crippen LogP contribution is -2.72. The van der Waals surface area contributed by atoms with Crippen LogP contribution < -0.4 is 10.0 Å². The Bertz CT molecular complexity index is 1060. The fourth-order valence-electron chi connectivity index (χ4n) is 4.42. The van der Waals surface area contributed by atoms with Gasteiger partial charge >= 0.3 is 0 Å². The van der Waals surface area contributed by atoms with Crippen molar-refractivity contribution in [2.75, 3.05) is 0 Å². The number of sulfonamides is 1. The lowest BCUT2D eigenvalue weighted by atomic mass is 9.62. The van der Waals surface area contributed by atoms with Crippen LogP contribution in [0.5, 0.6) is 0 Å². The molecule has 1 radical (unpaired) electrons. The molecule has 7 nitrogen and oxygen atoms in total. The summed E-state index contributed by atoms with van der Waals surface area (Å²) in [6.07, 6.45) is 0. The van der Waals surface area contributed by atoms with Gasteiger partial charge in [-0.15, -0.1) is 0 Å². The lowest BCUT2D eigenvalue weighted by molar-refractivity contribution is -0.161. The monoisotopic (exact) mass is 509 g/mol. The predicted molar refractivity (Wildman–Crippen MR) is 137 cm³/mol. The summed E-state index contributed by atoms with van der Waals surface area (Å²) in [5.41, 5.74) is -0.695. The molecule has 9 heteroatoms. The molecule has 1 aromatic carbocycles. The van der Waals surface area contributed by atoms with Gasteiger partial charge in [0.15, 0.2) is 5.78 Å². The first-order chi connectivity index (χ1) is 15.2. The van der Waals surface area contributed by atoms with Crippen LogP contribution in [-0.2, 0) is 19.2 Å². The Hall–Kier alpha value is -1.55. The Morgan fingerprint density at radius 1 is 1.12 bits per heavy atom. The summed E-state index contributed by atoms with van der Waals surface area (Å²) in [7, 11) is -4.91. The van der Waals surface area contributed by atoms with E-state index in [-0.39, 0.29) is 22.0 Å². The molecular formula is C25H41N2O5SSi. The maximum absolute atomic E-state index is 13.6. The number of benzene rings is 1. The molecule has 1 saturated heterocycles. The zero-order valence-corrected chi connectivity index (χ0v) is 24.2. The third-order valence-electron chi connectivity index (χ3n) is 6.63. The van der Waals surface area contributed by atoms with E-state index in [1.165, 1.54) is 12.1 Å². The van der Waals surface area contributed by atoms with Crippen LogP contribution in [0.2, 0.25) is 13.1 Å². The minimum Gasteiger partial charge on any atom is -0.411 e. The first-order valence-electron chi connectivity index (χ1n) is 11.7. The van der Waals surface area contributed by atoms with Crippen LogP contribution in [0.15, 0.2) is 23.1 Å². The highest BCUT2D eigenvalue weighted by atomic mass is 32.2. The molecule has 0 saturated carbocycles. The van der Waals surface area contributed by atoms with Crippen molar-refractivity contribution in [2.24, 2.45) is 17.3 Å². The number of carbonyl (C=O) groups excluding carboxylic acids is 2. The largest absolute Gasteiger partial charge is 0.411 e. The summed E-state index contributed by atoms with van der Waals surface area (Å²) in [5.74, 6) is -1.35. The van der Waals surface area contributed by atoms with Crippen molar-refractivity contribution < 1.29 is 22.4 Å². The summed E-state index contributed by atoms with van der Waals surface area (Å²) in [5, 5.41) is 2.93. The molecule has 34 heavy (non-hydrogen) atoms. The van der Waals surface area contributed by atoms with Gasteiger partial charge in [0.25, 0.3) is 0 Å². The quantitative estimate of drug-likeness (QED) is 0.312. The molecule has 1 amide bonds. The maximum atomic E-state index is 13.6. The van der Waals surface area contributed by atoms with Gasteiger partial charge in [-0.1, -0.05) is 33.8 Å². The molecule has 1 fully saturated rings. The third-order valence-corrected chi connectivity index (χ3v) is 9.21. The van der Waals surface area contributed by atoms with E-state index in [4.69, 9.17) is 4.43 Å². The highest BCUT2D eigenvalue weighted by molar-refractivity contribution is 7.89. The number of Topliss-reactive ketones (excluding diaryl/α,β-unsaturated/α-hetero) is 1. The van der Waals surface area contributed by atoms with Crippen molar-refractivity contribution in [3.05, 3.63) is 29.3 Å². The summed E-state index contributed by atoms with van der Waals surface area (Å²) in [6, 6.07) is 4.20. The van der Waals surface area contributed by atoms with Crippen molar-refractivity contribution in [2.45, 2.75) is 97.5 Å². The van der Waals surface area contributed by atoms with Crippen LogP contribution in [0, 0.1) is 24.2 Å². The van der Waals surface area contributed by atoms with Crippen molar-refractivity contribution >= 4 is 30.8 Å². The molecular weight excluding hydrogens is 468 g/mol. The Morgan fingerprint density at radius 2 is 1.68 bits per heavy atom. The van der Waals surface area contributed by atoms with Gasteiger partial charge in [0.05, 0.1) is 22.5 Å². The molecule has 191 valence electrons. The van der Waals surface area contributed by atoms with Gasteiger partial charge in [-0.3, -0.25) is 9.59 Å². The number of hydrogen-bond donors (Lipinski definition) is 2. The second kappa shape index (κ2) is 9.48. The minimum atomic E-state index is -3.79. The Labute approximate surface area is 207 Å². The lowest BCUT2D eigenvalue weighted by Gasteiger charge is -2.55. The van der Waals surface area contributed by atoms with E-state index in [0.717, 1.165) is 0 Å². The standard InChI is InChI=1S/C25H41N2O5SSi/c1-15-12-13-17(33(30,31)27-24(6,7)8)14-18(15)21(28)16(2)20-19(22(29)26-20)25(9,23(3,4)5)32-34(10)11/h12-14,16,19-20,27H,1-11H3,(H,26,29)/t16-,19-,20-,25-/m1/s1. The van der Waals surface area contributed by atoms with E-state index < -0.39 is 48.1 Å². The van der Waals surface area contributed by atoms with Crippen LogP contribution in [-0.4, -0.2) is 46.3 Å². The topological polar surface area (TPSA) is 102 Å². The summed E-state index contributed by atoms with van der Waals surface area (Å²) in [6.45, 7) is 21.1. The molecule has 2 rings (SSSR count). The molecule has 4 atom stereocenters. The van der Waals surface area contributed by atoms with Crippen LogP contribution in [0.3, 0.4) is 0 Å². The number of hydrogen-bond acceptors (Lipinski definition) is 5. The molecule has 0 aromatic heterocycles. The molecule has 0 bridgehead atoms. The van der Waals surface area contributed by atoms with Crippen molar-refractivity contribution in [3.63, 3.8) is 0 Å². The van der Waals surface area contributed by atoms with Gasteiger partial charge in [0.2, 0.25) is 25.0 Å². The Kier molecular flexibility index (Phi) is 8.00. The minimum absolute atomic E-state index is 0.0461. The average molecular weight is 510 g/mol. The van der Waals surface area contributed by atoms with Crippen LogP contribution >= 0.6 is 0 Å². The van der Waals surface area contributed by atoms with Crippen molar-refractivity contribution in [3.8, 4) is 0 Å². The van der Waals surface area contributed by atoms with Crippen molar-refractivity contribution in [1.82, 2.24) is 10.0 Å². The van der Waals surface area contributed by atoms with E-state index in [1.54, 1.807) is 40.7 Å². The van der Waals surface area contributed by atoms with Gasteiger partial charge in [-0.25, -0.2) is 13.1 Å². The number of carbonyl (C=O) groups is 2. The van der Waals surface area contributed by atoms with Gasteiger partial charge in [-0.2, -0.15) is 0 Å². The van der Waals surface area contributed by atoms with Gasteiger partial charge in [0, 0.05) is 17.0 Å². The fourth-order valence-corrected chi connectivity index (χ4v) is 7.15. The normalized spacial score (nSPS) is 22.1.